The fourth-order valence-electron chi connectivity index (χ4n) is 3.05. The maximum atomic E-state index is 13.2. The summed E-state index contributed by atoms with van der Waals surface area (Å²) < 4.78 is 33.1. The number of pyridine rings is 1. The number of aryl methyl sites for hydroxylation is 1. The van der Waals surface area contributed by atoms with Crippen LogP contribution in [0.25, 0.3) is 5.69 Å². The number of aromatic nitrogens is 4. The quantitative estimate of drug-likeness (QED) is 0.675. The Balaban J connectivity index is 1.50. The molecule has 0 saturated heterocycles. The monoisotopic (exact) mass is 385 g/mol. The van der Waals surface area contributed by atoms with E-state index in [9.17, 15) is 13.6 Å². The summed E-state index contributed by atoms with van der Waals surface area (Å²) in [5, 5.41) is 8.15. The van der Waals surface area contributed by atoms with Crippen LogP contribution in [0.1, 0.15) is 22.6 Å². The van der Waals surface area contributed by atoms with Crippen molar-refractivity contribution in [2.45, 2.75) is 26.6 Å². The Labute approximate surface area is 159 Å². The van der Waals surface area contributed by atoms with Crippen LogP contribution in [0.4, 0.5) is 8.78 Å². The summed E-state index contributed by atoms with van der Waals surface area (Å²) >= 11 is 0. The molecule has 0 N–H and O–H groups in total. The van der Waals surface area contributed by atoms with Gasteiger partial charge < -0.3 is 9.64 Å². The van der Waals surface area contributed by atoms with E-state index < -0.39 is 12.6 Å². The first-order chi connectivity index (χ1) is 13.5. The van der Waals surface area contributed by atoms with Crippen molar-refractivity contribution in [2.75, 3.05) is 6.67 Å². The third-order valence-electron chi connectivity index (χ3n) is 4.60. The van der Waals surface area contributed by atoms with Gasteiger partial charge in [0.2, 0.25) is 5.88 Å². The van der Waals surface area contributed by atoms with Gasteiger partial charge in [-0.15, -0.1) is 5.10 Å². The van der Waals surface area contributed by atoms with Gasteiger partial charge in [0, 0.05) is 12.6 Å². The molecule has 9 heteroatoms. The lowest BCUT2D eigenvalue weighted by atomic mass is 10.2. The average Bonchev–Trinajstić information content (AvgIpc) is 3.29. The van der Waals surface area contributed by atoms with E-state index in [-0.39, 0.29) is 19.0 Å². The van der Waals surface area contributed by atoms with Crippen molar-refractivity contribution < 1.29 is 18.3 Å². The number of amides is 1. The number of benzene rings is 1. The van der Waals surface area contributed by atoms with Crippen molar-refractivity contribution in [3.05, 3.63) is 64.9 Å². The van der Waals surface area contributed by atoms with Crippen molar-refractivity contribution in [1.82, 2.24) is 24.9 Å². The zero-order valence-electron chi connectivity index (χ0n) is 15.1. The summed E-state index contributed by atoms with van der Waals surface area (Å²) in [7, 11) is 0. The molecule has 144 valence electrons. The smallest absolute Gasteiger partial charge is 0.254 e. The van der Waals surface area contributed by atoms with Gasteiger partial charge >= 0.3 is 0 Å². The maximum absolute atomic E-state index is 13.2. The van der Waals surface area contributed by atoms with E-state index in [2.05, 4.69) is 15.3 Å². The minimum absolute atomic E-state index is 0.162. The first-order valence-electron chi connectivity index (χ1n) is 8.67. The topological polar surface area (TPSA) is 73.1 Å². The minimum Gasteiger partial charge on any atom is -0.471 e. The summed E-state index contributed by atoms with van der Waals surface area (Å²) in [5.41, 5.74) is 3.64. The Hall–Kier alpha value is -3.36. The average molecular weight is 385 g/mol. The summed E-state index contributed by atoms with van der Waals surface area (Å²) in [6.07, 6.45) is 0. The third-order valence-corrected chi connectivity index (χ3v) is 4.60. The van der Waals surface area contributed by atoms with Crippen LogP contribution in [0.2, 0.25) is 0 Å². The van der Waals surface area contributed by atoms with Crippen LogP contribution in [0.15, 0.2) is 36.4 Å². The van der Waals surface area contributed by atoms with Crippen LogP contribution in [-0.2, 0) is 24.5 Å². The molecule has 0 aliphatic carbocycles. The van der Waals surface area contributed by atoms with Crippen molar-refractivity contribution in [2.24, 2.45) is 0 Å². The van der Waals surface area contributed by atoms with Crippen molar-refractivity contribution in [3.63, 3.8) is 0 Å². The molecule has 0 fully saturated rings. The molecule has 7 nitrogen and oxygen atoms in total. The lowest BCUT2D eigenvalue weighted by Gasteiger charge is -2.11. The largest absolute Gasteiger partial charge is 0.471 e. The van der Waals surface area contributed by atoms with Gasteiger partial charge in [-0.25, -0.2) is 18.4 Å². The molecule has 0 saturated carbocycles. The molecule has 3 heterocycles. The molecule has 2 aromatic heterocycles. The predicted molar refractivity (Wildman–Crippen MR) is 94.9 cm³/mol. The molecule has 1 aliphatic rings. The number of carbonyl (C=O) groups excluding carboxylic acids is 1. The first kappa shape index (κ1) is 18.0. The fraction of sp³-hybridized carbons (Fsp3) is 0.263. The Bertz CT molecular complexity index is 1020. The number of alkyl halides is 1. The summed E-state index contributed by atoms with van der Waals surface area (Å²) in [6, 6.07) is 9.45. The number of nitrogens with zero attached hydrogens (tertiary/aromatic N) is 5. The Kier molecular flexibility index (Phi) is 4.72. The number of hydrogen-bond acceptors (Lipinski definition) is 5. The molecule has 1 amide bonds. The highest BCUT2D eigenvalue weighted by Crippen LogP contribution is 2.24. The molecule has 0 unspecified atom stereocenters. The lowest BCUT2D eigenvalue weighted by Crippen LogP contribution is -2.26. The predicted octanol–water partition coefficient (Wildman–Crippen LogP) is 2.50. The van der Waals surface area contributed by atoms with Crippen molar-refractivity contribution in [1.29, 1.82) is 0 Å². The standard InChI is InChI=1S/C19H17F2N5O2/c1-12-17(26(24-23-12)15-5-3-14(21)4-6-15)11-28-18-7-2-13-9-25(19(27)8-20)10-16(13)22-18/h2-7H,8-11H2,1H3. The van der Waals surface area contributed by atoms with Gasteiger partial charge in [-0.05, 0) is 42.8 Å². The second-order valence-electron chi connectivity index (χ2n) is 6.44. The van der Waals surface area contributed by atoms with Gasteiger partial charge in [-0.3, -0.25) is 4.79 Å². The number of fused-ring (bicyclic) bond motifs is 1. The van der Waals surface area contributed by atoms with Gasteiger partial charge in [0.1, 0.15) is 18.1 Å². The highest BCUT2D eigenvalue weighted by atomic mass is 19.1. The molecule has 3 aromatic rings. The number of rotatable bonds is 5. The lowest BCUT2D eigenvalue weighted by molar-refractivity contribution is -0.132. The van der Waals surface area contributed by atoms with Gasteiger partial charge in [-0.1, -0.05) is 5.21 Å². The van der Waals surface area contributed by atoms with Crippen LogP contribution in [0, 0.1) is 12.7 Å². The highest BCUT2D eigenvalue weighted by molar-refractivity contribution is 5.77. The maximum Gasteiger partial charge on any atom is 0.254 e. The summed E-state index contributed by atoms with van der Waals surface area (Å²) in [5.74, 6) is -0.495. The van der Waals surface area contributed by atoms with Crippen LogP contribution in [0.5, 0.6) is 5.88 Å². The molecule has 1 aliphatic heterocycles. The molecular weight excluding hydrogens is 368 g/mol. The molecule has 0 radical (unpaired) electrons. The van der Waals surface area contributed by atoms with E-state index in [0.29, 0.717) is 35.2 Å². The molecule has 0 bridgehead atoms. The SMILES string of the molecule is Cc1nnn(-c2ccc(F)cc2)c1COc1ccc2c(n1)CN(C(=O)CF)C2. The molecule has 0 spiro atoms. The van der Waals surface area contributed by atoms with Gasteiger partial charge in [0.15, 0.2) is 6.67 Å². The number of hydrogen-bond donors (Lipinski definition) is 0. The van der Waals surface area contributed by atoms with Crippen molar-refractivity contribution in [3.8, 4) is 11.6 Å². The fourth-order valence-corrected chi connectivity index (χ4v) is 3.05. The molecule has 4 rings (SSSR count). The Morgan fingerprint density at radius 2 is 1.96 bits per heavy atom. The number of ether oxygens (including phenoxy) is 1. The van der Waals surface area contributed by atoms with E-state index in [0.717, 1.165) is 5.56 Å². The van der Waals surface area contributed by atoms with Crippen LogP contribution in [0.3, 0.4) is 0 Å². The van der Waals surface area contributed by atoms with Gasteiger partial charge in [0.25, 0.3) is 5.91 Å². The minimum atomic E-state index is -1.02. The summed E-state index contributed by atoms with van der Waals surface area (Å²) in [4.78, 5) is 17.4. The van der Waals surface area contributed by atoms with E-state index >= 15 is 0 Å². The van der Waals surface area contributed by atoms with E-state index in [1.165, 1.54) is 17.0 Å². The number of halogens is 2. The van der Waals surface area contributed by atoms with Gasteiger partial charge in [0.05, 0.1) is 23.6 Å². The third kappa shape index (κ3) is 3.42. The highest BCUT2D eigenvalue weighted by Gasteiger charge is 2.24. The Morgan fingerprint density at radius 1 is 1.18 bits per heavy atom. The molecular formula is C19H17F2N5O2. The zero-order valence-corrected chi connectivity index (χ0v) is 15.1. The Morgan fingerprint density at radius 3 is 2.71 bits per heavy atom. The second-order valence-corrected chi connectivity index (χ2v) is 6.44. The van der Waals surface area contributed by atoms with Crippen LogP contribution in [-0.4, -0.2) is 37.5 Å². The van der Waals surface area contributed by atoms with E-state index in [1.54, 1.807) is 22.9 Å². The summed E-state index contributed by atoms with van der Waals surface area (Å²) in [6.45, 7) is 1.57. The van der Waals surface area contributed by atoms with Crippen molar-refractivity contribution >= 4 is 5.91 Å². The van der Waals surface area contributed by atoms with Crippen LogP contribution < -0.4 is 4.74 Å². The first-order valence-corrected chi connectivity index (χ1v) is 8.67. The van der Waals surface area contributed by atoms with E-state index in [1.807, 2.05) is 13.0 Å². The zero-order chi connectivity index (χ0) is 19.7. The molecule has 1 aromatic carbocycles. The second kappa shape index (κ2) is 7.34. The molecule has 0 atom stereocenters. The van der Waals surface area contributed by atoms with Gasteiger partial charge in [-0.2, -0.15) is 0 Å². The normalized spacial score (nSPS) is 12.9. The van der Waals surface area contributed by atoms with E-state index in [4.69, 9.17) is 4.74 Å². The molecule has 28 heavy (non-hydrogen) atoms. The number of carbonyl (C=O) groups is 1. The van der Waals surface area contributed by atoms with Crippen LogP contribution >= 0.6 is 0 Å².